The van der Waals surface area contributed by atoms with Gasteiger partial charge in [0, 0.05) is 0 Å². The van der Waals surface area contributed by atoms with Crippen molar-refractivity contribution in [2.45, 2.75) is 18.9 Å². The summed E-state index contributed by atoms with van der Waals surface area (Å²) in [6.45, 7) is 1.43. The van der Waals surface area contributed by atoms with Crippen LogP contribution in [0.25, 0.3) is 0 Å². The van der Waals surface area contributed by atoms with Gasteiger partial charge in [0.25, 0.3) is 0 Å². The van der Waals surface area contributed by atoms with Crippen LogP contribution in [0.15, 0.2) is 24.3 Å². The Labute approximate surface area is 115 Å². The molecule has 2 rings (SSSR count). The van der Waals surface area contributed by atoms with Crippen molar-refractivity contribution in [1.29, 1.82) is 0 Å². The fourth-order valence-corrected chi connectivity index (χ4v) is 1.76. The molecule has 1 aliphatic rings. The monoisotopic (exact) mass is 293 g/mol. The number of carbonyl (C=O) groups is 1. The highest BCUT2D eigenvalue weighted by molar-refractivity contribution is 5.85. The van der Waals surface area contributed by atoms with Crippen LogP contribution in [0.1, 0.15) is 18.5 Å². The smallest absolute Gasteiger partial charge is 0.408 e. The average Bonchev–Trinajstić information content (AvgIpc) is 2.34. The SMILES string of the molecule is CCOc1ccc([C@@H]2NC(=O)OCC2(F)F)cc1.Cl. The Morgan fingerprint density at radius 3 is 2.63 bits per heavy atom. The topological polar surface area (TPSA) is 47.6 Å². The molecule has 1 fully saturated rings. The normalized spacial score (nSPS) is 20.8. The lowest BCUT2D eigenvalue weighted by atomic mass is 10.00. The average molecular weight is 294 g/mol. The van der Waals surface area contributed by atoms with Gasteiger partial charge >= 0.3 is 12.0 Å². The lowest BCUT2D eigenvalue weighted by Gasteiger charge is -2.31. The van der Waals surface area contributed by atoms with E-state index in [-0.39, 0.29) is 12.4 Å². The van der Waals surface area contributed by atoms with Gasteiger partial charge in [-0.15, -0.1) is 12.4 Å². The lowest BCUT2D eigenvalue weighted by Crippen LogP contribution is -2.49. The van der Waals surface area contributed by atoms with E-state index in [9.17, 15) is 13.6 Å². The number of halogens is 3. The van der Waals surface area contributed by atoms with Gasteiger partial charge in [-0.1, -0.05) is 12.1 Å². The standard InChI is InChI=1S/C12H13F2NO3.ClH/c1-2-17-9-5-3-8(4-6-9)10-12(13,14)7-18-11(16)15-10;/h3-6,10H,2,7H2,1H3,(H,15,16);1H/t10-;/m0./s1. The highest BCUT2D eigenvalue weighted by Gasteiger charge is 2.46. The second kappa shape index (κ2) is 6.06. The molecule has 0 spiro atoms. The molecular formula is C12H14ClF2NO3. The zero-order chi connectivity index (χ0) is 13.2. The first-order valence-corrected chi connectivity index (χ1v) is 5.57. The maximum Gasteiger partial charge on any atom is 0.408 e. The number of carbonyl (C=O) groups excluding carboxylic acids is 1. The molecule has 0 bridgehead atoms. The van der Waals surface area contributed by atoms with Gasteiger partial charge in [-0.25, -0.2) is 13.6 Å². The van der Waals surface area contributed by atoms with Crippen LogP contribution >= 0.6 is 12.4 Å². The molecule has 1 saturated heterocycles. The van der Waals surface area contributed by atoms with Gasteiger partial charge in [0.1, 0.15) is 11.8 Å². The van der Waals surface area contributed by atoms with Gasteiger partial charge in [-0.2, -0.15) is 0 Å². The third kappa shape index (κ3) is 3.47. The van der Waals surface area contributed by atoms with Gasteiger partial charge < -0.3 is 14.8 Å². The molecule has 1 aromatic rings. The minimum absolute atomic E-state index is 0. The molecule has 0 aliphatic carbocycles. The Morgan fingerprint density at radius 1 is 1.42 bits per heavy atom. The molecule has 1 atom stereocenters. The van der Waals surface area contributed by atoms with Crippen molar-refractivity contribution in [2.24, 2.45) is 0 Å². The number of amides is 1. The van der Waals surface area contributed by atoms with Crippen LogP contribution in [-0.4, -0.2) is 25.2 Å². The van der Waals surface area contributed by atoms with Crippen LogP contribution < -0.4 is 10.1 Å². The molecule has 1 amide bonds. The minimum Gasteiger partial charge on any atom is -0.494 e. The second-order valence-corrected chi connectivity index (χ2v) is 3.92. The first-order chi connectivity index (χ1) is 8.53. The quantitative estimate of drug-likeness (QED) is 0.932. The van der Waals surface area contributed by atoms with E-state index < -0.39 is 24.7 Å². The number of nitrogens with one attached hydrogen (secondary N) is 1. The van der Waals surface area contributed by atoms with Gasteiger partial charge in [0.05, 0.1) is 6.61 Å². The fraction of sp³-hybridized carbons (Fsp3) is 0.417. The maximum absolute atomic E-state index is 13.6. The van der Waals surface area contributed by atoms with Gasteiger partial charge in [0.15, 0.2) is 6.61 Å². The van der Waals surface area contributed by atoms with Crippen molar-refractivity contribution in [1.82, 2.24) is 5.32 Å². The maximum atomic E-state index is 13.6. The molecule has 1 aliphatic heterocycles. The summed E-state index contributed by atoms with van der Waals surface area (Å²) in [5, 5.41) is 2.12. The first kappa shape index (κ1) is 15.5. The summed E-state index contributed by atoms with van der Waals surface area (Å²) in [6.07, 6.45) is -0.834. The van der Waals surface area contributed by atoms with E-state index in [1.54, 1.807) is 12.1 Å². The summed E-state index contributed by atoms with van der Waals surface area (Å²) in [5.74, 6) is -2.52. The van der Waals surface area contributed by atoms with Crippen LogP contribution in [0.2, 0.25) is 0 Å². The van der Waals surface area contributed by atoms with Crippen LogP contribution in [0.4, 0.5) is 13.6 Å². The minimum atomic E-state index is -3.12. The van der Waals surface area contributed by atoms with Crippen LogP contribution in [0.5, 0.6) is 5.75 Å². The highest BCUT2D eigenvalue weighted by Crippen LogP contribution is 2.34. The Bertz CT molecular complexity index is 439. The number of alkyl halides is 2. The number of cyclic esters (lactones) is 1. The largest absolute Gasteiger partial charge is 0.494 e. The number of ether oxygens (including phenoxy) is 2. The van der Waals surface area contributed by atoms with E-state index in [0.717, 1.165) is 0 Å². The number of hydrogen-bond acceptors (Lipinski definition) is 3. The second-order valence-electron chi connectivity index (χ2n) is 3.92. The third-order valence-corrected chi connectivity index (χ3v) is 2.60. The molecule has 4 nitrogen and oxygen atoms in total. The summed E-state index contributed by atoms with van der Waals surface area (Å²) >= 11 is 0. The van der Waals surface area contributed by atoms with Crippen molar-refractivity contribution in [2.75, 3.05) is 13.2 Å². The molecule has 106 valence electrons. The van der Waals surface area contributed by atoms with Crippen LogP contribution in [-0.2, 0) is 4.74 Å². The summed E-state index contributed by atoms with van der Waals surface area (Å²) in [6, 6.07) is 4.84. The predicted molar refractivity (Wildman–Crippen MR) is 67.0 cm³/mol. The number of hydrogen-bond donors (Lipinski definition) is 1. The highest BCUT2D eigenvalue weighted by atomic mass is 35.5. The molecular weight excluding hydrogens is 280 g/mol. The van der Waals surface area contributed by atoms with E-state index in [1.807, 2.05) is 6.92 Å². The van der Waals surface area contributed by atoms with Gasteiger partial charge in [-0.05, 0) is 24.6 Å². The first-order valence-electron chi connectivity index (χ1n) is 5.57. The van der Waals surface area contributed by atoms with E-state index in [2.05, 4.69) is 10.1 Å². The summed E-state index contributed by atoms with van der Waals surface area (Å²) in [4.78, 5) is 11.0. The summed E-state index contributed by atoms with van der Waals surface area (Å²) in [7, 11) is 0. The van der Waals surface area contributed by atoms with E-state index in [0.29, 0.717) is 17.9 Å². The van der Waals surface area contributed by atoms with Crippen LogP contribution in [0, 0.1) is 0 Å². The zero-order valence-corrected chi connectivity index (χ0v) is 11.0. The zero-order valence-electron chi connectivity index (χ0n) is 10.2. The molecule has 0 saturated carbocycles. The van der Waals surface area contributed by atoms with Crippen LogP contribution in [0.3, 0.4) is 0 Å². The molecule has 1 heterocycles. The Kier molecular flexibility index (Phi) is 4.94. The molecule has 0 unspecified atom stereocenters. The molecule has 19 heavy (non-hydrogen) atoms. The van der Waals surface area contributed by atoms with Crippen molar-refractivity contribution in [3.8, 4) is 5.75 Å². The van der Waals surface area contributed by atoms with Crippen molar-refractivity contribution in [3.63, 3.8) is 0 Å². The molecule has 0 aromatic heterocycles. The van der Waals surface area contributed by atoms with E-state index in [4.69, 9.17) is 4.74 Å². The Morgan fingerprint density at radius 2 is 2.05 bits per heavy atom. The summed E-state index contributed by atoms with van der Waals surface area (Å²) < 4.78 is 36.7. The molecule has 1 N–H and O–H groups in total. The van der Waals surface area contributed by atoms with Crippen molar-refractivity contribution < 1.29 is 23.0 Å². The lowest BCUT2D eigenvalue weighted by molar-refractivity contribution is -0.104. The summed E-state index contributed by atoms with van der Waals surface area (Å²) in [5.41, 5.74) is 0.320. The van der Waals surface area contributed by atoms with Gasteiger partial charge in [0.2, 0.25) is 0 Å². The van der Waals surface area contributed by atoms with E-state index in [1.165, 1.54) is 12.1 Å². The number of rotatable bonds is 3. The van der Waals surface area contributed by atoms with E-state index >= 15 is 0 Å². The van der Waals surface area contributed by atoms with Gasteiger partial charge in [-0.3, -0.25) is 0 Å². The molecule has 7 heteroatoms. The molecule has 1 aromatic carbocycles. The number of alkyl carbamates (subject to hydrolysis) is 1. The third-order valence-electron chi connectivity index (χ3n) is 2.60. The Hall–Kier alpha value is -1.56. The number of benzene rings is 1. The Balaban J connectivity index is 0.00000180. The molecule has 0 radical (unpaired) electrons. The predicted octanol–water partition coefficient (Wildman–Crippen LogP) is 2.92. The van der Waals surface area contributed by atoms with Crippen molar-refractivity contribution >= 4 is 18.5 Å². The fourth-order valence-electron chi connectivity index (χ4n) is 1.76. The van der Waals surface area contributed by atoms with Crippen molar-refractivity contribution in [3.05, 3.63) is 29.8 Å².